The number of hydrogen-bond acceptors (Lipinski definition) is 5. The van der Waals surface area contributed by atoms with Gasteiger partial charge < -0.3 is 9.47 Å². The lowest BCUT2D eigenvalue weighted by Gasteiger charge is -2.28. The van der Waals surface area contributed by atoms with Gasteiger partial charge in [0.2, 0.25) is 0 Å². The number of esters is 1. The number of hydrogen-bond donors (Lipinski definition) is 1. The van der Waals surface area contributed by atoms with E-state index in [0.29, 0.717) is 11.4 Å². The van der Waals surface area contributed by atoms with Gasteiger partial charge in [0.1, 0.15) is 11.4 Å². The van der Waals surface area contributed by atoms with Gasteiger partial charge in [-0.15, -0.1) is 0 Å². The zero-order valence-corrected chi connectivity index (χ0v) is 10.2. The third kappa shape index (κ3) is 2.65. The fourth-order valence-electron chi connectivity index (χ4n) is 1.57. The summed E-state index contributed by atoms with van der Waals surface area (Å²) in [6.45, 7) is 1.46. The summed E-state index contributed by atoms with van der Waals surface area (Å²) in [5, 5.41) is 0.984. The minimum Gasteiger partial charge on any atom is -0.481 e. The second kappa shape index (κ2) is 5.38. The topological polar surface area (TPSA) is 84.9 Å². The van der Waals surface area contributed by atoms with Crippen molar-refractivity contribution in [3.63, 3.8) is 0 Å². The quantitative estimate of drug-likeness (QED) is 0.600. The van der Waals surface area contributed by atoms with Crippen LogP contribution in [-0.2, 0) is 19.1 Å². The van der Waals surface area contributed by atoms with Crippen molar-refractivity contribution in [1.29, 1.82) is 0 Å². The van der Waals surface area contributed by atoms with Crippen molar-refractivity contribution in [2.75, 3.05) is 18.2 Å². The molecular weight excluding hydrogens is 252 g/mol. The summed E-state index contributed by atoms with van der Waals surface area (Å²) in [4.78, 5) is 34.5. The van der Waals surface area contributed by atoms with E-state index in [4.69, 9.17) is 4.74 Å². The minimum absolute atomic E-state index is 0.0832. The Balaban J connectivity index is 2.18. The molecule has 1 aliphatic rings. The molecule has 100 valence electrons. The number of carbonyl (C=O) groups excluding carboxylic acids is 3. The van der Waals surface area contributed by atoms with Gasteiger partial charge in [-0.05, 0) is 19.1 Å². The molecule has 2 amide bonds. The van der Waals surface area contributed by atoms with E-state index in [1.165, 1.54) is 0 Å². The SMILES string of the molecule is CCOC(=O)C(=O)NN1C(=O)COc2ccccc21. The van der Waals surface area contributed by atoms with Gasteiger partial charge >= 0.3 is 11.9 Å². The molecule has 0 unspecified atom stereocenters. The Morgan fingerprint density at radius 2 is 2.16 bits per heavy atom. The third-order valence-corrected chi connectivity index (χ3v) is 2.38. The number of nitrogens with one attached hydrogen (secondary N) is 1. The van der Waals surface area contributed by atoms with Crippen LogP contribution >= 0.6 is 0 Å². The first-order valence-corrected chi connectivity index (χ1v) is 5.66. The van der Waals surface area contributed by atoms with E-state index in [2.05, 4.69) is 10.2 Å². The summed E-state index contributed by atoms with van der Waals surface area (Å²) < 4.78 is 9.75. The second-order valence-corrected chi connectivity index (χ2v) is 3.65. The Kier molecular flexibility index (Phi) is 3.65. The lowest BCUT2D eigenvalue weighted by molar-refractivity contribution is -0.154. The highest BCUT2D eigenvalue weighted by atomic mass is 16.5. The van der Waals surface area contributed by atoms with Gasteiger partial charge in [-0.1, -0.05) is 12.1 Å². The minimum atomic E-state index is -1.04. The van der Waals surface area contributed by atoms with Crippen LogP contribution in [0.5, 0.6) is 5.75 Å². The molecule has 0 saturated carbocycles. The van der Waals surface area contributed by atoms with Crippen LogP contribution in [-0.4, -0.2) is 31.0 Å². The number of ether oxygens (including phenoxy) is 2. The Hall–Kier alpha value is -2.57. The molecule has 0 saturated heterocycles. The number of benzene rings is 1. The van der Waals surface area contributed by atoms with Crippen LogP contribution in [0, 0.1) is 0 Å². The zero-order chi connectivity index (χ0) is 13.8. The predicted molar refractivity (Wildman–Crippen MR) is 64.2 cm³/mol. The molecule has 0 aromatic heterocycles. The Morgan fingerprint density at radius 1 is 1.42 bits per heavy atom. The number of rotatable bonds is 2. The maximum atomic E-state index is 11.7. The molecule has 1 aromatic rings. The average Bonchev–Trinajstić information content (AvgIpc) is 2.42. The number of nitrogens with zero attached hydrogens (tertiary/aromatic N) is 1. The highest BCUT2D eigenvalue weighted by Crippen LogP contribution is 2.29. The van der Waals surface area contributed by atoms with Crippen molar-refractivity contribution >= 4 is 23.5 Å². The van der Waals surface area contributed by atoms with Gasteiger partial charge in [0.25, 0.3) is 5.91 Å². The van der Waals surface area contributed by atoms with Crippen LogP contribution in [0.1, 0.15) is 6.92 Å². The van der Waals surface area contributed by atoms with Gasteiger partial charge in [0.15, 0.2) is 6.61 Å². The van der Waals surface area contributed by atoms with Crippen molar-refractivity contribution < 1.29 is 23.9 Å². The Morgan fingerprint density at radius 3 is 2.89 bits per heavy atom. The summed E-state index contributed by atoms with van der Waals surface area (Å²) in [7, 11) is 0. The fraction of sp³-hybridized carbons (Fsp3) is 0.250. The molecule has 7 nitrogen and oxygen atoms in total. The van der Waals surface area contributed by atoms with Gasteiger partial charge in [-0.25, -0.2) is 9.80 Å². The van der Waals surface area contributed by atoms with E-state index in [-0.39, 0.29) is 13.2 Å². The molecule has 0 radical (unpaired) electrons. The molecule has 0 fully saturated rings. The van der Waals surface area contributed by atoms with E-state index in [0.717, 1.165) is 5.01 Å². The van der Waals surface area contributed by atoms with E-state index >= 15 is 0 Å². The Bertz CT molecular complexity index is 529. The van der Waals surface area contributed by atoms with Gasteiger partial charge in [-0.2, -0.15) is 0 Å². The molecule has 0 spiro atoms. The number of para-hydroxylation sites is 2. The largest absolute Gasteiger partial charge is 0.481 e. The fourth-order valence-corrected chi connectivity index (χ4v) is 1.57. The van der Waals surface area contributed by atoms with Gasteiger partial charge in [-0.3, -0.25) is 15.0 Å². The van der Waals surface area contributed by atoms with Crippen LogP contribution in [0.3, 0.4) is 0 Å². The van der Waals surface area contributed by atoms with Crippen LogP contribution < -0.4 is 15.2 Å². The maximum absolute atomic E-state index is 11.7. The van der Waals surface area contributed by atoms with E-state index < -0.39 is 17.8 Å². The molecule has 2 rings (SSSR count). The first kappa shape index (κ1) is 12.9. The molecule has 1 N–H and O–H groups in total. The molecule has 1 aliphatic heterocycles. The monoisotopic (exact) mass is 264 g/mol. The highest BCUT2D eigenvalue weighted by molar-refractivity contribution is 6.33. The summed E-state index contributed by atoms with van der Waals surface area (Å²) in [5.74, 6) is -2.08. The smallest absolute Gasteiger partial charge is 0.398 e. The van der Waals surface area contributed by atoms with Crippen molar-refractivity contribution in [1.82, 2.24) is 5.43 Å². The van der Waals surface area contributed by atoms with Crippen molar-refractivity contribution in [3.05, 3.63) is 24.3 Å². The standard InChI is InChI=1S/C12H12N2O5/c1-2-18-12(17)11(16)13-14-8-5-3-4-6-9(8)19-7-10(14)15/h3-6H,2,7H2,1H3,(H,13,16). The van der Waals surface area contributed by atoms with Crippen molar-refractivity contribution in [2.45, 2.75) is 6.92 Å². The first-order chi connectivity index (χ1) is 9.13. The average molecular weight is 264 g/mol. The van der Waals surface area contributed by atoms with Crippen molar-refractivity contribution in [3.8, 4) is 5.75 Å². The second-order valence-electron chi connectivity index (χ2n) is 3.65. The number of carbonyl (C=O) groups is 3. The lowest BCUT2D eigenvalue weighted by atomic mass is 10.2. The lowest BCUT2D eigenvalue weighted by Crippen LogP contribution is -2.52. The molecule has 0 aliphatic carbocycles. The highest BCUT2D eigenvalue weighted by Gasteiger charge is 2.29. The van der Waals surface area contributed by atoms with E-state index in [1.807, 2.05) is 0 Å². The summed E-state index contributed by atoms with van der Waals surface area (Å²) in [5.41, 5.74) is 2.57. The number of anilines is 1. The molecule has 1 heterocycles. The third-order valence-electron chi connectivity index (χ3n) is 2.38. The molecule has 0 bridgehead atoms. The molecule has 0 atom stereocenters. The first-order valence-electron chi connectivity index (χ1n) is 5.66. The van der Waals surface area contributed by atoms with Gasteiger partial charge in [0, 0.05) is 0 Å². The zero-order valence-electron chi connectivity index (χ0n) is 10.2. The van der Waals surface area contributed by atoms with Crippen LogP contribution in [0.25, 0.3) is 0 Å². The molecular formula is C12H12N2O5. The summed E-state index contributed by atoms with van der Waals surface area (Å²) in [6.07, 6.45) is 0. The van der Waals surface area contributed by atoms with Crippen LogP contribution in [0.15, 0.2) is 24.3 Å². The van der Waals surface area contributed by atoms with Crippen LogP contribution in [0.4, 0.5) is 5.69 Å². The number of fused-ring (bicyclic) bond motifs is 1. The number of hydrazine groups is 1. The van der Waals surface area contributed by atoms with Gasteiger partial charge in [0.05, 0.1) is 6.61 Å². The summed E-state index contributed by atoms with van der Waals surface area (Å²) >= 11 is 0. The van der Waals surface area contributed by atoms with E-state index in [9.17, 15) is 14.4 Å². The predicted octanol–water partition coefficient (Wildman–Crippen LogP) is 0.00630. The Labute approximate surface area is 109 Å². The molecule has 7 heteroatoms. The molecule has 1 aromatic carbocycles. The normalized spacial score (nSPS) is 13.3. The van der Waals surface area contributed by atoms with Crippen LogP contribution in [0.2, 0.25) is 0 Å². The van der Waals surface area contributed by atoms with E-state index in [1.54, 1.807) is 31.2 Å². The molecule has 19 heavy (non-hydrogen) atoms. The summed E-state index contributed by atoms with van der Waals surface area (Å²) in [6, 6.07) is 6.67. The maximum Gasteiger partial charge on any atom is 0.398 e. The number of amides is 2. The van der Waals surface area contributed by atoms with Crippen molar-refractivity contribution in [2.24, 2.45) is 0 Å².